The molecule has 7 heteroatoms. The minimum Gasteiger partial charge on any atom is -0.495 e. The highest BCUT2D eigenvalue weighted by atomic mass is 35.5. The lowest BCUT2D eigenvalue weighted by Gasteiger charge is -2.12. The molecule has 0 aliphatic carbocycles. The van der Waals surface area contributed by atoms with E-state index in [1.165, 1.54) is 25.6 Å². The first-order valence-corrected chi connectivity index (χ1v) is 9.44. The van der Waals surface area contributed by atoms with Crippen LogP contribution in [-0.4, -0.2) is 25.1 Å². The van der Waals surface area contributed by atoms with Crippen molar-refractivity contribution in [3.05, 3.63) is 68.6 Å². The Morgan fingerprint density at radius 2 is 1.85 bits per heavy atom. The van der Waals surface area contributed by atoms with Crippen LogP contribution in [0.2, 0.25) is 5.02 Å². The predicted molar refractivity (Wildman–Crippen MR) is 109 cm³/mol. The minimum atomic E-state index is -0.246. The molecule has 1 amide bonds. The second-order valence-electron chi connectivity index (χ2n) is 5.83. The van der Waals surface area contributed by atoms with Gasteiger partial charge in [0, 0.05) is 12.5 Å². The molecule has 0 fully saturated rings. The number of aryl methyl sites for hydroxylation is 1. The highest BCUT2D eigenvalue weighted by Gasteiger charge is 2.18. The maximum Gasteiger partial charge on any atom is 0.267 e. The lowest BCUT2D eigenvalue weighted by atomic mass is 10.2. The molecule has 1 heterocycles. The molecule has 3 aromatic rings. The number of carbonyl (C=O) groups is 1. The molecule has 1 N–H and O–H groups in total. The van der Waals surface area contributed by atoms with Crippen molar-refractivity contribution in [1.82, 2.24) is 4.98 Å². The molecule has 5 nitrogen and oxygen atoms in total. The molecular formula is C20H19ClN2O3S. The Morgan fingerprint density at radius 1 is 1.15 bits per heavy atom. The number of nitrogens with zero attached hydrogens (tertiary/aromatic N) is 1. The summed E-state index contributed by atoms with van der Waals surface area (Å²) in [6.07, 6.45) is 0.692. The normalized spacial score (nSPS) is 10.5. The van der Waals surface area contributed by atoms with Crippen LogP contribution in [0.25, 0.3) is 0 Å². The zero-order valence-electron chi connectivity index (χ0n) is 15.2. The number of methoxy groups -OCH3 is 2. The molecule has 27 heavy (non-hydrogen) atoms. The fraction of sp³-hybridized carbons (Fsp3) is 0.200. The van der Waals surface area contributed by atoms with Gasteiger partial charge >= 0.3 is 0 Å². The number of rotatable bonds is 6. The number of carbonyl (C=O) groups excluding carboxylic acids is 1. The number of thiazole rings is 1. The third kappa shape index (κ3) is 4.40. The molecule has 2 aromatic carbocycles. The molecule has 0 bridgehead atoms. The lowest BCUT2D eigenvalue weighted by Crippen LogP contribution is -2.12. The van der Waals surface area contributed by atoms with Crippen LogP contribution in [0, 0.1) is 6.92 Å². The van der Waals surface area contributed by atoms with Crippen LogP contribution in [0.15, 0.2) is 42.5 Å². The standard InChI is InChI=1S/C20H19ClN2O3S/c1-12-19(27-18(22-12)9-13-7-5-4-6-8-13)20(24)23-15-10-14(21)16(25-2)11-17(15)26-3/h4-8,10-11H,9H2,1-3H3,(H,23,24). The number of halogens is 1. The van der Waals surface area contributed by atoms with Crippen molar-refractivity contribution in [3.63, 3.8) is 0 Å². The van der Waals surface area contributed by atoms with E-state index in [0.29, 0.717) is 39.2 Å². The van der Waals surface area contributed by atoms with Crippen molar-refractivity contribution in [2.45, 2.75) is 13.3 Å². The van der Waals surface area contributed by atoms with Gasteiger partial charge in [-0.05, 0) is 18.6 Å². The average molecular weight is 403 g/mol. The lowest BCUT2D eigenvalue weighted by molar-refractivity contribution is 0.102. The number of hydrogen-bond acceptors (Lipinski definition) is 5. The molecule has 0 spiro atoms. The third-order valence-corrected chi connectivity index (χ3v) is 5.42. The molecule has 0 saturated carbocycles. The smallest absolute Gasteiger partial charge is 0.267 e. The van der Waals surface area contributed by atoms with Crippen LogP contribution in [0.1, 0.15) is 25.9 Å². The van der Waals surface area contributed by atoms with Crippen molar-refractivity contribution in [2.75, 3.05) is 19.5 Å². The van der Waals surface area contributed by atoms with Gasteiger partial charge in [0.05, 0.1) is 35.6 Å². The molecule has 0 aliphatic heterocycles. The zero-order chi connectivity index (χ0) is 19.4. The van der Waals surface area contributed by atoms with E-state index in [9.17, 15) is 4.79 Å². The summed E-state index contributed by atoms with van der Waals surface area (Å²) in [6, 6.07) is 13.3. The molecule has 0 aliphatic rings. The van der Waals surface area contributed by atoms with E-state index in [4.69, 9.17) is 21.1 Å². The molecule has 0 radical (unpaired) electrons. The Morgan fingerprint density at radius 3 is 2.52 bits per heavy atom. The number of amides is 1. The fourth-order valence-electron chi connectivity index (χ4n) is 2.65. The molecule has 140 valence electrons. The summed E-state index contributed by atoms with van der Waals surface area (Å²) < 4.78 is 10.5. The number of hydrogen-bond donors (Lipinski definition) is 1. The van der Waals surface area contributed by atoms with Crippen LogP contribution in [0.3, 0.4) is 0 Å². The number of aromatic nitrogens is 1. The van der Waals surface area contributed by atoms with Crippen LogP contribution in [-0.2, 0) is 6.42 Å². The highest BCUT2D eigenvalue weighted by Crippen LogP contribution is 2.36. The SMILES string of the molecule is COc1cc(OC)c(NC(=O)c2sc(Cc3ccccc3)nc2C)cc1Cl. The molecule has 0 saturated heterocycles. The second-order valence-corrected chi connectivity index (χ2v) is 7.32. The average Bonchev–Trinajstić information content (AvgIpc) is 3.03. The van der Waals surface area contributed by atoms with E-state index in [1.54, 1.807) is 12.1 Å². The van der Waals surface area contributed by atoms with Gasteiger partial charge in [0.1, 0.15) is 16.4 Å². The summed E-state index contributed by atoms with van der Waals surface area (Å²) in [4.78, 5) is 17.9. The highest BCUT2D eigenvalue weighted by molar-refractivity contribution is 7.14. The maximum atomic E-state index is 12.8. The van der Waals surface area contributed by atoms with Crippen molar-refractivity contribution in [3.8, 4) is 11.5 Å². The van der Waals surface area contributed by atoms with Gasteiger partial charge in [-0.3, -0.25) is 4.79 Å². The Labute approximate surface area is 166 Å². The van der Waals surface area contributed by atoms with E-state index >= 15 is 0 Å². The monoisotopic (exact) mass is 402 g/mol. The summed E-state index contributed by atoms with van der Waals surface area (Å²) in [6.45, 7) is 1.83. The van der Waals surface area contributed by atoms with Crippen LogP contribution >= 0.6 is 22.9 Å². The van der Waals surface area contributed by atoms with Gasteiger partial charge in [-0.25, -0.2) is 4.98 Å². The van der Waals surface area contributed by atoms with Crippen molar-refractivity contribution < 1.29 is 14.3 Å². The topological polar surface area (TPSA) is 60.5 Å². The molecule has 1 aromatic heterocycles. The Kier molecular flexibility index (Phi) is 5.98. The summed E-state index contributed by atoms with van der Waals surface area (Å²) >= 11 is 7.56. The Bertz CT molecular complexity index is 957. The molecular weight excluding hydrogens is 384 g/mol. The maximum absolute atomic E-state index is 12.8. The van der Waals surface area contributed by atoms with Crippen molar-refractivity contribution in [1.29, 1.82) is 0 Å². The van der Waals surface area contributed by atoms with Crippen molar-refractivity contribution in [2.24, 2.45) is 0 Å². The van der Waals surface area contributed by atoms with E-state index in [2.05, 4.69) is 10.3 Å². The first kappa shape index (κ1) is 19.2. The predicted octanol–water partition coefficient (Wildman–Crippen LogP) is 4.97. The molecule has 0 unspecified atom stereocenters. The number of ether oxygens (including phenoxy) is 2. The van der Waals surface area contributed by atoms with Gasteiger partial charge in [-0.1, -0.05) is 41.9 Å². The van der Waals surface area contributed by atoms with Gasteiger partial charge in [0.25, 0.3) is 5.91 Å². The Hall–Kier alpha value is -2.57. The van der Waals surface area contributed by atoms with E-state index in [1.807, 2.05) is 37.3 Å². The van der Waals surface area contributed by atoms with Crippen LogP contribution < -0.4 is 14.8 Å². The quantitative estimate of drug-likeness (QED) is 0.632. The van der Waals surface area contributed by atoms with Gasteiger partial charge in [0.2, 0.25) is 0 Å². The van der Waals surface area contributed by atoms with Crippen LogP contribution in [0.4, 0.5) is 5.69 Å². The fourth-order valence-corrected chi connectivity index (χ4v) is 3.88. The largest absolute Gasteiger partial charge is 0.495 e. The third-order valence-electron chi connectivity index (χ3n) is 3.97. The summed E-state index contributed by atoms with van der Waals surface area (Å²) in [7, 11) is 3.04. The summed E-state index contributed by atoms with van der Waals surface area (Å²) in [5, 5.41) is 4.13. The molecule has 3 rings (SSSR count). The van der Waals surface area contributed by atoms with Gasteiger partial charge < -0.3 is 14.8 Å². The summed E-state index contributed by atoms with van der Waals surface area (Å²) in [5.41, 5.74) is 2.33. The van der Waals surface area contributed by atoms with Gasteiger partial charge in [0.15, 0.2) is 0 Å². The number of nitrogens with one attached hydrogen (secondary N) is 1. The first-order chi connectivity index (χ1) is 13.0. The first-order valence-electron chi connectivity index (χ1n) is 8.25. The summed E-state index contributed by atoms with van der Waals surface area (Å²) in [5.74, 6) is 0.700. The van der Waals surface area contributed by atoms with E-state index < -0.39 is 0 Å². The van der Waals surface area contributed by atoms with Gasteiger partial charge in [-0.2, -0.15) is 0 Å². The van der Waals surface area contributed by atoms with E-state index in [0.717, 1.165) is 10.6 Å². The van der Waals surface area contributed by atoms with Crippen LogP contribution in [0.5, 0.6) is 11.5 Å². The van der Waals surface area contributed by atoms with Gasteiger partial charge in [-0.15, -0.1) is 11.3 Å². The van der Waals surface area contributed by atoms with Crippen molar-refractivity contribution >= 4 is 34.5 Å². The zero-order valence-corrected chi connectivity index (χ0v) is 16.8. The second kappa shape index (κ2) is 8.41. The minimum absolute atomic E-state index is 0.246. The molecule has 0 atom stereocenters. The number of benzene rings is 2. The van der Waals surface area contributed by atoms with E-state index in [-0.39, 0.29) is 5.91 Å². The number of anilines is 1. The Balaban J connectivity index is 1.82.